The highest BCUT2D eigenvalue weighted by molar-refractivity contribution is 5.56. The van der Waals surface area contributed by atoms with E-state index in [4.69, 9.17) is 10.00 Å². The molecule has 1 aromatic carbocycles. The number of nitrogens with one attached hydrogen (secondary N) is 1. The monoisotopic (exact) mass is 324 g/mol. The molecule has 1 aromatic heterocycles. The summed E-state index contributed by atoms with van der Waals surface area (Å²) in [6.07, 6.45) is 4.76. The van der Waals surface area contributed by atoms with Gasteiger partial charge in [-0.1, -0.05) is 18.2 Å². The molecule has 0 atom stereocenters. The number of pyridine rings is 1. The second kappa shape index (κ2) is 6.96. The Kier molecular flexibility index (Phi) is 4.57. The number of aromatic nitrogens is 1. The number of nitro groups is 1. The molecular formula is C17H16N4O3. The molecule has 1 saturated carbocycles. The van der Waals surface area contributed by atoms with E-state index in [1.807, 2.05) is 30.3 Å². The van der Waals surface area contributed by atoms with Crippen LogP contribution in [0.25, 0.3) is 0 Å². The van der Waals surface area contributed by atoms with Crippen LogP contribution in [0.3, 0.4) is 0 Å². The molecule has 1 aliphatic carbocycles. The molecule has 122 valence electrons. The molecule has 3 rings (SSSR count). The van der Waals surface area contributed by atoms with Crippen LogP contribution in [0.15, 0.2) is 36.5 Å². The van der Waals surface area contributed by atoms with Crippen molar-refractivity contribution in [2.75, 3.05) is 5.32 Å². The molecule has 24 heavy (non-hydrogen) atoms. The Balaban J connectivity index is 1.74. The second-order valence-corrected chi connectivity index (χ2v) is 5.59. The van der Waals surface area contributed by atoms with E-state index in [9.17, 15) is 10.1 Å². The summed E-state index contributed by atoms with van der Waals surface area (Å²) in [5, 5.41) is 23.0. The Morgan fingerprint density at radius 3 is 2.88 bits per heavy atom. The van der Waals surface area contributed by atoms with Crippen molar-refractivity contribution in [3.63, 3.8) is 0 Å². The lowest BCUT2D eigenvalue weighted by atomic mass is 9.96. The van der Waals surface area contributed by atoms with E-state index in [2.05, 4.69) is 10.3 Å². The third kappa shape index (κ3) is 3.43. The van der Waals surface area contributed by atoms with Crippen molar-refractivity contribution in [1.82, 2.24) is 4.98 Å². The van der Waals surface area contributed by atoms with Crippen molar-refractivity contribution in [1.29, 1.82) is 5.26 Å². The van der Waals surface area contributed by atoms with Gasteiger partial charge in [0.2, 0.25) is 0 Å². The third-order valence-corrected chi connectivity index (χ3v) is 3.97. The minimum Gasteiger partial charge on any atom is -0.490 e. The fraction of sp³-hybridized carbons (Fsp3) is 0.294. The van der Waals surface area contributed by atoms with Gasteiger partial charge in [0.05, 0.1) is 11.0 Å². The van der Waals surface area contributed by atoms with E-state index >= 15 is 0 Å². The summed E-state index contributed by atoms with van der Waals surface area (Å²) in [5.41, 5.74) is 0.890. The maximum absolute atomic E-state index is 10.8. The summed E-state index contributed by atoms with van der Waals surface area (Å²) in [4.78, 5) is 14.2. The Morgan fingerprint density at radius 1 is 1.42 bits per heavy atom. The Bertz CT molecular complexity index is 797. The molecule has 1 heterocycles. The van der Waals surface area contributed by atoms with Crippen LogP contribution >= 0.6 is 0 Å². The zero-order chi connectivity index (χ0) is 16.9. The van der Waals surface area contributed by atoms with Gasteiger partial charge in [0.25, 0.3) is 5.69 Å². The molecule has 0 amide bonds. The van der Waals surface area contributed by atoms with Crippen molar-refractivity contribution >= 4 is 11.5 Å². The summed E-state index contributed by atoms with van der Waals surface area (Å²) in [7, 11) is 0. The van der Waals surface area contributed by atoms with Crippen LogP contribution in [0, 0.1) is 21.4 Å². The first-order chi connectivity index (χ1) is 11.7. The van der Waals surface area contributed by atoms with Gasteiger partial charge in [-0.15, -0.1) is 0 Å². The molecule has 1 fully saturated rings. The van der Waals surface area contributed by atoms with Gasteiger partial charge in [-0.2, -0.15) is 5.26 Å². The van der Waals surface area contributed by atoms with Crippen molar-refractivity contribution in [3.05, 3.63) is 57.8 Å². The fourth-order valence-electron chi connectivity index (χ4n) is 2.39. The average molecular weight is 324 g/mol. The lowest BCUT2D eigenvalue weighted by Crippen LogP contribution is -2.25. The summed E-state index contributed by atoms with van der Waals surface area (Å²) in [6, 6.07) is 10.8. The third-order valence-electron chi connectivity index (χ3n) is 3.97. The highest BCUT2D eigenvalue weighted by Gasteiger charge is 2.20. The van der Waals surface area contributed by atoms with Crippen LogP contribution < -0.4 is 10.1 Å². The minimum atomic E-state index is -0.570. The molecule has 0 saturated heterocycles. The smallest absolute Gasteiger partial charge is 0.289 e. The van der Waals surface area contributed by atoms with Crippen LogP contribution in [0.5, 0.6) is 5.75 Å². The number of nitriles is 1. The first-order valence-corrected chi connectivity index (χ1v) is 7.70. The highest BCUT2D eigenvalue weighted by atomic mass is 16.6. The molecule has 1 aliphatic rings. The molecule has 0 radical (unpaired) electrons. The summed E-state index contributed by atoms with van der Waals surface area (Å²) >= 11 is 0. The molecule has 0 aliphatic heterocycles. The Morgan fingerprint density at radius 2 is 2.21 bits per heavy atom. The van der Waals surface area contributed by atoms with Gasteiger partial charge in [0, 0.05) is 18.2 Å². The number of para-hydroxylation sites is 1. The molecule has 0 unspecified atom stereocenters. The van der Waals surface area contributed by atoms with Crippen molar-refractivity contribution in [2.45, 2.75) is 31.9 Å². The minimum absolute atomic E-state index is 0.140. The maximum atomic E-state index is 10.8. The van der Waals surface area contributed by atoms with E-state index < -0.39 is 4.92 Å². The van der Waals surface area contributed by atoms with E-state index in [1.54, 1.807) is 0 Å². The molecule has 7 heteroatoms. The van der Waals surface area contributed by atoms with Gasteiger partial charge in [-0.3, -0.25) is 10.1 Å². The predicted octanol–water partition coefficient (Wildman–Crippen LogP) is 3.40. The number of hydrogen-bond donors (Lipinski definition) is 1. The zero-order valence-corrected chi connectivity index (χ0v) is 12.9. The number of hydrogen-bond acceptors (Lipinski definition) is 6. The summed E-state index contributed by atoms with van der Waals surface area (Å²) < 4.78 is 5.96. The SMILES string of the molecule is N#Cc1cc([N+](=O)[O-])cnc1NCc1ccccc1OC1CCC1. The Labute approximate surface area is 139 Å². The maximum Gasteiger partial charge on any atom is 0.289 e. The normalized spacial score (nSPS) is 13.6. The molecule has 2 aromatic rings. The van der Waals surface area contributed by atoms with Crippen LogP contribution in [0.4, 0.5) is 11.5 Å². The number of anilines is 1. The molecule has 1 N–H and O–H groups in total. The van der Waals surface area contributed by atoms with Gasteiger partial charge in [0.1, 0.15) is 29.4 Å². The van der Waals surface area contributed by atoms with E-state index in [1.165, 1.54) is 12.5 Å². The summed E-state index contributed by atoms with van der Waals surface area (Å²) in [6.45, 7) is 0.419. The van der Waals surface area contributed by atoms with E-state index in [-0.39, 0.29) is 17.4 Å². The largest absolute Gasteiger partial charge is 0.490 e. The first kappa shape index (κ1) is 15.7. The quantitative estimate of drug-likeness (QED) is 0.645. The predicted molar refractivity (Wildman–Crippen MR) is 87.6 cm³/mol. The van der Waals surface area contributed by atoms with Gasteiger partial charge in [-0.05, 0) is 25.3 Å². The fourth-order valence-corrected chi connectivity index (χ4v) is 2.39. The number of ether oxygens (including phenoxy) is 1. The Hall–Kier alpha value is -3.14. The van der Waals surface area contributed by atoms with Gasteiger partial charge in [0.15, 0.2) is 0 Å². The lowest BCUT2D eigenvalue weighted by Gasteiger charge is -2.27. The van der Waals surface area contributed by atoms with Crippen molar-refractivity contribution in [3.8, 4) is 11.8 Å². The molecule has 0 spiro atoms. The van der Waals surface area contributed by atoms with Gasteiger partial charge >= 0.3 is 0 Å². The summed E-state index contributed by atoms with van der Waals surface area (Å²) in [5.74, 6) is 1.14. The highest BCUT2D eigenvalue weighted by Crippen LogP contribution is 2.28. The zero-order valence-electron chi connectivity index (χ0n) is 12.9. The van der Waals surface area contributed by atoms with Crippen LogP contribution in [-0.2, 0) is 6.54 Å². The van der Waals surface area contributed by atoms with Crippen LogP contribution in [0.2, 0.25) is 0 Å². The van der Waals surface area contributed by atoms with Crippen molar-refractivity contribution < 1.29 is 9.66 Å². The van der Waals surface area contributed by atoms with Crippen molar-refractivity contribution in [2.24, 2.45) is 0 Å². The number of nitrogens with zero attached hydrogens (tertiary/aromatic N) is 3. The van der Waals surface area contributed by atoms with E-state index in [0.717, 1.165) is 30.4 Å². The standard InChI is InChI=1S/C17H16N4O3/c18-9-13-8-14(21(22)23)11-20-17(13)19-10-12-4-1-2-7-16(12)24-15-5-3-6-15/h1-2,4,7-8,11,15H,3,5-6,10H2,(H,19,20). The molecule has 7 nitrogen and oxygen atoms in total. The molecule has 0 bridgehead atoms. The number of rotatable bonds is 6. The van der Waals surface area contributed by atoms with Crippen LogP contribution in [-0.4, -0.2) is 16.0 Å². The van der Waals surface area contributed by atoms with Gasteiger partial charge in [-0.25, -0.2) is 4.98 Å². The van der Waals surface area contributed by atoms with E-state index in [0.29, 0.717) is 12.4 Å². The average Bonchev–Trinajstić information content (AvgIpc) is 2.56. The molecular weight excluding hydrogens is 308 g/mol. The van der Waals surface area contributed by atoms with Gasteiger partial charge < -0.3 is 10.1 Å². The number of benzene rings is 1. The second-order valence-electron chi connectivity index (χ2n) is 5.59. The topological polar surface area (TPSA) is 101 Å². The van der Waals surface area contributed by atoms with Crippen LogP contribution in [0.1, 0.15) is 30.4 Å². The lowest BCUT2D eigenvalue weighted by molar-refractivity contribution is -0.385. The first-order valence-electron chi connectivity index (χ1n) is 7.70.